The van der Waals surface area contributed by atoms with E-state index in [1.165, 1.54) is 0 Å². The fourth-order valence-electron chi connectivity index (χ4n) is 1.41. The minimum absolute atomic E-state index is 0.183. The summed E-state index contributed by atoms with van der Waals surface area (Å²) in [4.78, 5) is 11.1. The Kier molecular flexibility index (Phi) is 6.03. The van der Waals surface area contributed by atoms with E-state index in [4.69, 9.17) is 21.6 Å². The van der Waals surface area contributed by atoms with E-state index in [0.29, 0.717) is 36.6 Å². The number of ether oxygens (including phenoxy) is 1. The average molecular weight is 267 g/mol. The maximum atomic E-state index is 11.1. The molecule has 18 heavy (non-hydrogen) atoms. The van der Waals surface area contributed by atoms with Crippen LogP contribution in [-0.4, -0.2) is 19.1 Å². The van der Waals surface area contributed by atoms with Gasteiger partial charge in [0.15, 0.2) is 0 Å². The molecule has 0 aliphatic heterocycles. The summed E-state index contributed by atoms with van der Waals surface area (Å²) in [5.41, 5.74) is 1.29. The molecule has 0 aliphatic rings. The van der Waals surface area contributed by atoms with Gasteiger partial charge in [0.2, 0.25) is 0 Å². The van der Waals surface area contributed by atoms with Gasteiger partial charge in [-0.2, -0.15) is 5.26 Å². The van der Waals surface area contributed by atoms with Crippen molar-refractivity contribution in [2.75, 3.05) is 18.5 Å². The van der Waals surface area contributed by atoms with Gasteiger partial charge in [-0.3, -0.25) is 4.79 Å². The normalized spacial score (nSPS) is 9.61. The number of carbonyl (C=O) groups is 1. The van der Waals surface area contributed by atoms with Gasteiger partial charge in [0.05, 0.1) is 17.2 Å². The average Bonchev–Trinajstić information content (AvgIpc) is 2.35. The number of halogens is 1. The molecule has 96 valence electrons. The molecule has 0 spiro atoms. The summed E-state index contributed by atoms with van der Waals surface area (Å²) in [6.45, 7) is 2.85. The van der Waals surface area contributed by atoms with Crippen molar-refractivity contribution in [3.63, 3.8) is 0 Å². The molecule has 1 aromatic carbocycles. The summed E-state index contributed by atoms with van der Waals surface area (Å²) in [7, 11) is 0. The van der Waals surface area contributed by atoms with Crippen LogP contribution in [0.2, 0.25) is 5.02 Å². The monoisotopic (exact) mass is 266 g/mol. The fraction of sp³-hybridized carbons (Fsp3) is 0.385. The number of hydrogen-bond acceptors (Lipinski definition) is 4. The molecule has 0 aromatic heterocycles. The molecule has 0 heterocycles. The van der Waals surface area contributed by atoms with Gasteiger partial charge in [-0.1, -0.05) is 11.6 Å². The number of hydrogen-bond donors (Lipinski definition) is 1. The lowest BCUT2D eigenvalue weighted by atomic mass is 10.2. The number of nitrogens with zero attached hydrogens (tertiary/aromatic N) is 1. The molecule has 1 N–H and O–H groups in total. The topological polar surface area (TPSA) is 62.1 Å². The van der Waals surface area contributed by atoms with E-state index < -0.39 is 0 Å². The Balaban J connectivity index is 2.34. The third-order valence-corrected chi connectivity index (χ3v) is 2.59. The molecule has 1 rings (SSSR count). The molecule has 0 radical (unpaired) electrons. The summed E-state index contributed by atoms with van der Waals surface area (Å²) >= 11 is 5.90. The second-order valence-corrected chi connectivity index (χ2v) is 4.05. The lowest BCUT2D eigenvalue weighted by molar-refractivity contribution is -0.143. The van der Waals surface area contributed by atoms with Gasteiger partial charge in [-0.05, 0) is 31.5 Å². The van der Waals surface area contributed by atoms with Crippen molar-refractivity contribution in [2.45, 2.75) is 19.8 Å². The highest BCUT2D eigenvalue weighted by Gasteiger charge is 2.02. The number of rotatable bonds is 6. The van der Waals surface area contributed by atoms with Crippen LogP contribution in [0.3, 0.4) is 0 Å². The Morgan fingerprint density at radius 2 is 2.33 bits per heavy atom. The number of nitriles is 1. The van der Waals surface area contributed by atoms with Crippen molar-refractivity contribution in [1.29, 1.82) is 5.26 Å². The highest BCUT2D eigenvalue weighted by molar-refractivity contribution is 6.32. The fourth-order valence-corrected chi connectivity index (χ4v) is 1.64. The van der Waals surface area contributed by atoms with Crippen LogP contribution in [0.1, 0.15) is 25.3 Å². The Morgan fingerprint density at radius 1 is 1.56 bits per heavy atom. The first-order valence-corrected chi connectivity index (χ1v) is 6.14. The molecule has 5 heteroatoms. The van der Waals surface area contributed by atoms with Crippen molar-refractivity contribution in [1.82, 2.24) is 0 Å². The van der Waals surface area contributed by atoms with Gasteiger partial charge in [-0.25, -0.2) is 0 Å². The van der Waals surface area contributed by atoms with Gasteiger partial charge in [0.25, 0.3) is 0 Å². The Labute approximate surface area is 112 Å². The molecule has 0 atom stereocenters. The van der Waals surface area contributed by atoms with Crippen molar-refractivity contribution in [3.8, 4) is 6.07 Å². The van der Waals surface area contributed by atoms with Gasteiger partial charge in [-0.15, -0.1) is 0 Å². The van der Waals surface area contributed by atoms with E-state index in [0.717, 1.165) is 5.69 Å². The zero-order chi connectivity index (χ0) is 13.4. The second-order valence-electron chi connectivity index (χ2n) is 3.64. The molecule has 0 saturated heterocycles. The third-order valence-electron chi connectivity index (χ3n) is 2.28. The number of anilines is 1. The van der Waals surface area contributed by atoms with Crippen LogP contribution in [-0.2, 0) is 9.53 Å². The predicted molar refractivity (Wildman–Crippen MR) is 70.5 cm³/mol. The zero-order valence-electron chi connectivity index (χ0n) is 10.2. The minimum atomic E-state index is -0.183. The number of carbonyl (C=O) groups excluding carboxylic acids is 1. The maximum Gasteiger partial charge on any atom is 0.305 e. The summed E-state index contributed by atoms with van der Waals surface area (Å²) < 4.78 is 4.82. The molecule has 0 saturated carbocycles. The molecule has 0 bridgehead atoms. The molecule has 0 fully saturated rings. The number of benzene rings is 1. The highest BCUT2D eigenvalue weighted by atomic mass is 35.5. The third kappa shape index (κ3) is 4.64. The highest BCUT2D eigenvalue weighted by Crippen LogP contribution is 2.20. The molecule has 4 nitrogen and oxygen atoms in total. The van der Waals surface area contributed by atoms with Crippen LogP contribution in [0.5, 0.6) is 0 Å². The summed E-state index contributed by atoms with van der Waals surface area (Å²) in [5.74, 6) is -0.183. The SMILES string of the molecule is CCOC(=O)CCCNc1ccc(C#N)c(Cl)c1. The van der Waals surface area contributed by atoms with Crippen LogP contribution in [0.4, 0.5) is 5.69 Å². The van der Waals surface area contributed by atoms with Crippen LogP contribution in [0.25, 0.3) is 0 Å². The number of nitrogens with one attached hydrogen (secondary N) is 1. The Morgan fingerprint density at radius 3 is 2.94 bits per heavy atom. The van der Waals surface area contributed by atoms with Gasteiger partial charge < -0.3 is 10.1 Å². The van der Waals surface area contributed by atoms with Crippen LogP contribution in [0, 0.1) is 11.3 Å². The smallest absolute Gasteiger partial charge is 0.305 e. The lowest BCUT2D eigenvalue weighted by Gasteiger charge is -2.07. The van der Waals surface area contributed by atoms with Crippen molar-refractivity contribution in [3.05, 3.63) is 28.8 Å². The standard InChI is InChI=1S/C13H15ClN2O2/c1-2-18-13(17)4-3-7-16-11-6-5-10(9-15)12(14)8-11/h5-6,8,16H,2-4,7H2,1H3. The van der Waals surface area contributed by atoms with Gasteiger partial charge in [0, 0.05) is 18.7 Å². The molecule has 0 amide bonds. The van der Waals surface area contributed by atoms with Gasteiger partial charge in [0.1, 0.15) is 6.07 Å². The molecular formula is C13H15ClN2O2. The Hall–Kier alpha value is -1.73. The van der Waals surface area contributed by atoms with E-state index >= 15 is 0 Å². The first-order chi connectivity index (χ1) is 8.67. The van der Waals surface area contributed by atoms with Crippen molar-refractivity contribution in [2.24, 2.45) is 0 Å². The van der Waals surface area contributed by atoms with Crippen LogP contribution < -0.4 is 5.32 Å². The molecule has 0 aliphatic carbocycles. The van der Waals surface area contributed by atoms with E-state index in [-0.39, 0.29) is 5.97 Å². The van der Waals surface area contributed by atoms with E-state index in [1.807, 2.05) is 6.07 Å². The summed E-state index contributed by atoms with van der Waals surface area (Å²) in [6, 6.07) is 7.15. The first kappa shape index (κ1) is 14.3. The predicted octanol–water partition coefficient (Wildman–Crippen LogP) is 2.97. The second kappa shape index (κ2) is 7.57. The van der Waals surface area contributed by atoms with Crippen molar-refractivity contribution < 1.29 is 9.53 Å². The maximum absolute atomic E-state index is 11.1. The first-order valence-electron chi connectivity index (χ1n) is 5.76. The largest absolute Gasteiger partial charge is 0.466 e. The quantitative estimate of drug-likeness (QED) is 0.635. The zero-order valence-corrected chi connectivity index (χ0v) is 11.0. The molecule has 0 unspecified atom stereocenters. The molecular weight excluding hydrogens is 252 g/mol. The van der Waals surface area contributed by atoms with E-state index in [2.05, 4.69) is 5.32 Å². The number of esters is 1. The molecule has 1 aromatic rings. The van der Waals surface area contributed by atoms with Crippen LogP contribution in [0.15, 0.2) is 18.2 Å². The van der Waals surface area contributed by atoms with Crippen LogP contribution >= 0.6 is 11.6 Å². The van der Waals surface area contributed by atoms with E-state index in [1.54, 1.807) is 25.1 Å². The Bertz CT molecular complexity index is 455. The minimum Gasteiger partial charge on any atom is -0.466 e. The summed E-state index contributed by atoms with van der Waals surface area (Å²) in [6.07, 6.45) is 1.08. The van der Waals surface area contributed by atoms with Crippen molar-refractivity contribution >= 4 is 23.3 Å². The summed E-state index contributed by atoms with van der Waals surface area (Å²) in [5, 5.41) is 12.3. The van der Waals surface area contributed by atoms with E-state index in [9.17, 15) is 4.79 Å². The van der Waals surface area contributed by atoms with Gasteiger partial charge >= 0.3 is 5.97 Å². The lowest BCUT2D eigenvalue weighted by Crippen LogP contribution is -2.08.